The molecule has 3 N–H and O–H groups in total. The number of nitrogens with one attached hydrogen (secondary N) is 3. The molecule has 1 fully saturated rings. The molecule has 2 aromatic rings. The molecule has 0 aliphatic carbocycles. The summed E-state index contributed by atoms with van der Waals surface area (Å²) in [6, 6.07) is 2.48. The molecule has 0 saturated carbocycles. The Kier molecular flexibility index (Phi) is 6.33. The summed E-state index contributed by atoms with van der Waals surface area (Å²) in [5.74, 6) is 1.26. The third-order valence-electron chi connectivity index (χ3n) is 3.48. The number of aromatic nitrogens is 2. The van der Waals surface area contributed by atoms with Crippen LogP contribution in [0.5, 0.6) is 5.75 Å². The fraction of sp³-hybridized carbons (Fsp3) is 0.235. The number of aryl methyl sites for hydroxylation is 1. The first-order valence-corrected chi connectivity index (χ1v) is 8.82. The summed E-state index contributed by atoms with van der Waals surface area (Å²) in [5.41, 5.74) is 1.08. The predicted molar refractivity (Wildman–Crippen MR) is 103 cm³/mol. The molecule has 0 bridgehead atoms. The molecular weight excluding hydrogens is 393 g/mol. The van der Waals surface area contributed by atoms with Crippen LogP contribution in [0.4, 0.5) is 16.3 Å². The van der Waals surface area contributed by atoms with Gasteiger partial charge in [-0.1, -0.05) is 23.2 Å². The van der Waals surface area contributed by atoms with Crippen LogP contribution in [0.15, 0.2) is 36.5 Å². The lowest BCUT2D eigenvalue weighted by molar-refractivity contribution is 0.168. The molecule has 2 heterocycles. The van der Waals surface area contributed by atoms with Crippen molar-refractivity contribution in [3.05, 3.63) is 52.3 Å². The van der Waals surface area contributed by atoms with E-state index in [9.17, 15) is 4.79 Å². The van der Waals surface area contributed by atoms with E-state index in [2.05, 4.69) is 25.9 Å². The molecule has 27 heavy (non-hydrogen) atoms. The van der Waals surface area contributed by atoms with Crippen molar-refractivity contribution in [2.45, 2.75) is 6.92 Å². The molecule has 3 rings (SSSR count). The van der Waals surface area contributed by atoms with Crippen LogP contribution in [0.25, 0.3) is 0 Å². The Morgan fingerprint density at radius 2 is 2.07 bits per heavy atom. The van der Waals surface area contributed by atoms with Crippen molar-refractivity contribution in [2.24, 2.45) is 0 Å². The van der Waals surface area contributed by atoms with E-state index in [1.54, 1.807) is 13.1 Å². The summed E-state index contributed by atoms with van der Waals surface area (Å²) in [5, 5.41) is 8.96. The molecule has 2 amide bonds. The van der Waals surface area contributed by atoms with Crippen LogP contribution in [-0.4, -0.2) is 35.7 Å². The van der Waals surface area contributed by atoms with Crippen LogP contribution < -0.4 is 20.7 Å². The van der Waals surface area contributed by atoms with Crippen LogP contribution >= 0.6 is 23.2 Å². The van der Waals surface area contributed by atoms with Crippen LogP contribution in [0.2, 0.25) is 10.0 Å². The highest BCUT2D eigenvalue weighted by molar-refractivity contribution is 6.42. The second-order valence-corrected chi connectivity index (χ2v) is 6.43. The molecule has 0 spiro atoms. The Bertz CT molecular complexity index is 850. The number of hydrogen-bond acceptors (Lipinski definition) is 6. The van der Waals surface area contributed by atoms with Crippen molar-refractivity contribution in [1.82, 2.24) is 15.3 Å². The molecule has 1 saturated heterocycles. The lowest BCUT2D eigenvalue weighted by Crippen LogP contribution is -2.29. The van der Waals surface area contributed by atoms with Gasteiger partial charge in [0.1, 0.15) is 18.6 Å². The van der Waals surface area contributed by atoms with Gasteiger partial charge in [-0.3, -0.25) is 10.3 Å². The average Bonchev–Trinajstić information content (AvgIpc) is 2.66. The van der Waals surface area contributed by atoms with Gasteiger partial charge in [0.2, 0.25) is 0 Å². The van der Waals surface area contributed by atoms with Gasteiger partial charge in [-0.2, -0.15) is 0 Å². The van der Waals surface area contributed by atoms with Gasteiger partial charge >= 0.3 is 6.03 Å². The molecule has 1 aliphatic rings. The van der Waals surface area contributed by atoms with Crippen LogP contribution in [-0.2, 0) is 4.74 Å². The van der Waals surface area contributed by atoms with Gasteiger partial charge in [0.15, 0.2) is 11.6 Å². The summed E-state index contributed by atoms with van der Waals surface area (Å²) in [6.07, 6.45) is 4.47. The highest BCUT2D eigenvalue weighted by Gasteiger charge is 2.13. The van der Waals surface area contributed by atoms with Gasteiger partial charge in [0.25, 0.3) is 0 Å². The Balaban J connectivity index is 1.73. The summed E-state index contributed by atoms with van der Waals surface area (Å²) >= 11 is 12.1. The second-order valence-electron chi connectivity index (χ2n) is 5.61. The first-order valence-electron chi connectivity index (χ1n) is 8.06. The SMILES string of the molecule is Cc1cnc(NC(=O)Nc2cc(Cl)c(Cl)cc2O/C=C2/CNCCO2)cn1. The van der Waals surface area contributed by atoms with Gasteiger partial charge in [-0.15, -0.1) is 0 Å². The van der Waals surface area contributed by atoms with Gasteiger partial charge in [-0.25, -0.2) is 9.78 Å². The first kappa shape index (κ1) is 19.2. The molecule has 0 radical (unpaired) electrons. The molecule has 0 unspecified atom stereocenters. The molecular formula is C17H17Cl2N5O3. The minimum Gasteiger partial charge on any atom is -0.492 e. The van der Waals surface area contributed by atoms with E-state index in [0.717, 1.165) is 12.2 Å². The van der Waals surface area contributed by atoms with E-state index in [0.29, 0.717) is 41.2 Å². The van der Waals surface area contributed by atoms with E-state index < -0.39 is 6.03 Å². The van der Waals surface area contributed by atoms with Crippen molar-refractivity contribution in [1.29, 1.82) is 0 Å². The van der Waals surface area contributed by atoms with E-state index in [1.807, 2.05) is 0 Å². The fourth-order valence-electron chi connectivity index (χ4n) is 2.17. The number of morpholine rings is 1. The van der Waals surface area contributed by atoms with E-state index >= 15 is 0 Å². The minimum absolute atomic E-state index is 0.276. The Morgan fingerprint density at radius 3 is 2.78 bits per heavy atom. The number of nitrogens with zero attached hydrogens (tertiary/aromatic N) is 2. The van der Waals surface area contributed by atoms with Crippen molar-refractivity contribution >= 4 is 40.7 Å². The zero-order chi connectivity index (χ0) is 19.2. The molecule has 8 nitrogen and oxygen atoms in total. The zero-order valence-corrected chi connectivity index (χ0v) is 15.9. The third-order valence-corrected chi connectivity index (χ3v) is 4.20. The number of amides is 2. The molecule has 142 valence electrons. The number of ether oxygens (including phenoxy) is 2. The maximum absolute atomic E-state index is 12.2. The second kappa shape index (κ2) is 8.90. The molecule has 1 aromatic heterocycles. The van der Waals surface area contributed by atoms with Crippen LogP contribution in [0.3, 0.4) is 0 Å². The smallest absolute Gasteiger partial charge is 0.325 e. The number of carbonyl (C=O) groups is 1. The third kappa shape index (κ3) is 5.46. The topological polar surface area (TPSA) is 97.4 Å². The predicted octanol–water partition coefficient (Wildman–Crippen LogP) is 3.58. The van der Waals surface area contributed by atoms with Crippen LogP contribution in [0.1, 0.15) is 5.69 Å². The zero-order valence-electron chi connectivity index (χ0n) is 14.4. The normalized spacial score (nSPS) is 15.1. The largest absolute Gasteiger partial charge is 0.492 e. The lowest BCUT2D eigenvalue weighted by atomic mass is 10.3. The number of urea groups is 1. The van der Waals surface area contributed by atoms with E-state index in [4.69, 9.17) is 32.7 Å². The quantitative estimate of drug-likeness (QED) is 0.667. The van der Waals surface area contributed by atoms with Crippen molar-refractivity contribution in [3.8, 4) is 5.75 Å². The van der Waals surface area contributed by atoms with Crippen molar-refractivity contribution in [3.63, 3.8) is 0 Å². The van der Waals surface area contributed by atoms with Gasteiger partial charge < -0.3 is 20.1 Å². The number of benzene rings is 1. The molecule has 1 aliphatic heterocycles. The summed E-state index contributed by atoms with van der Waals surface area (Å²) in [4.78, 5) is 20.4. The number of anilines is 2. The van der Waals surface area contributed by atoms with Gasteiger partial charge in [0.05, 0.1) is 40.4 Å². The van der Waals surface area contributed by atoms with Crippen LogP contribution in [0, 0.1) is 6.92 Å². The number of halogens is 2. The van der Waals surface area contributed by atoms with E-state index in [1.165, 1.54) is 24.6 Å². The first-order chi connectivity index (χ1) is 13.0. The summed E-state index contributed by atoms with van der Waals surface area (Å²) < 4.78 is 11.1. The molecule has 10 heteroatoms. The highest BCUT2D eigenvalue weighted by atomic mass is 35.5. The van der Waals surface area contributed by atoms with Gasteiger partial charge in [-0.05, 0) is 13.0 Å². The number of carbonyl (C=O) groups excluding carboxylic acids is 1. The fourth-order valence-corrected chi connectivity index (χ4v) is 2.49. The molecule has 0 atom stereocenters. The Morgan fingerprint density at radius 1 is 1.26 bits per heavy atom. The maximum Gasteiger partial charge on any atom is 0.325 e. The summed E-state index contributed by atoms with van der Waals surface area (Å²) in [7, 11) is 0. The number of rotatable bonds is 4. The molecule has 1 aromatic carbocycles. The van der Waals surface area contributed by atoms with Gasteiger partial charge in [0, 0.05) is 12.6 Å². The minimum atomic E-state index is -0.528. The number of hydrogen-bond donors (Lipinski definition) is 3. The standard InChI is InChI=1S/C17H17Cl2N5O3/c1-10-6-22-16(8-21-10)24-17(25)23-14-4-12(18)13(19)5-15(14)27-9-11-7-20-2-3-26-11/h4-6,8-9,20H,2-3,7H2,1H3,(H2,22,23,24,25)/b11-9-. The Hall–Kier alpha value is -2.55. The highest BCUT2D eigenvalue weighted by Crippen LogP contribution is 2.34. The Labute approximate surface area is 165 Å². The van der Waals surface area contributed by atoms with Crippen molar-refractivity contribution < 1.29 is 14.3 Å². The average molecular weight is 410 g/mol. The van der Waals surface area contributed by atoms with Crippen molar-refractivity contribution in [2.75, 3.05) is 30.3 Å². The maximum atomic E-state index is 12.2. The monoisotopic (exact) mass is 409 g/mol. The summed E-state index contributed by atoms with van der Waals surface area (Å²) in [6.45, 7) is 3.69. The lowest BCUT2D eigenvalue weighted by Gasteiger charge is -2.17. The van der Waals surface area contributed by atoms with E-state index in [-0.39, 0.29) is 5.02 Å².